The fourth-order valence-electron chi connectivity index (χ4n) is 2.68. The summed E-state index contributed by atoms with van der Waals surface area (Å²) in [5.74, 6) is -1.41. The molecule has 2 N–H and O–H groups in total. The van der Waals surface area contributed by atoms with Crippen LogP contribution in [0.4, 0.5) is 11.4 Å². The third kappa shape index (κ3) is 9.99. The molecule has 33 heavy (non-hydrogen) atoms. The van der Waals surface area contributed by atoms with Crippen molar-refractivity contribution in [2.45, 2.75) is 40.0 Å². The van der Waals surface area contributed by atoms with Crippen molar-refractivity contribution in [2.75, 3.05) is 23.8 Å². The summed E-state index contributed by atoms with van der Waals surface area (Å²) in [5.41, 5.74) is 2.64. The fourth-order valence-corrected chi connectivity index (χ4v) is 2.68. The molecule has 0 radical (unpaired) electrons. The van der Waals surface area contributed by atoms with Gasteiger partial charge in [-0.05, 0) is 55.7 Å². The largest absolute Gasteiger partial charge is 0.462 e. The number of amides is 2. The molecule has 176 valence electrons. The molecule has 2 aromatic rings. The molecule has 0 heterocycles. The van der Waals surface area contributed by atoms with Crippen LogP contribution < -0.4 is 10.6 Å². The summed E-state index contributed by atoms with van der Waals surface area (Å²) in [5, 5.41) is 5.35. The Balaban J connectivity index is 1.64. The predicted octanol–water partition coefficient (Wildman–Crippen LogP) is 4.10. The van der Waals surface area contributed by atoms with E-state index in [9.17, 15) is 19.2 Å². The SMILES string of the molecule is Cc1ccc(NC(=O)COC(=O)CCCC(=O)Nc2ccc(C(=O)OCC(C)C)cc2)cc1. The van der Waals surface area contributed by atoms with Crippen molar-refractivity contribution in [2.24, 2.45) is 5.92 Å². The lowest BCUT2D eigenvalue weighted by atomic mass is 10.2. The van der Waals surface area contributed by atoms with Gasteiger partial charge < -0.3 is 20.1 Å². The Hall–Kier alpha value is -3.68. The average Bonchev–Trinajstić information content (AvgIpc) is 2.78. The van der Waals surface area contributed by atoms with Crippen LogP contribution in [-0.4, -0.2) is 37.0 Å². The van der Waals surface area contributed by atoms with E-state index in [0.29, 0.717) is 23.5 Å². The van der Waals surface area contributed by atoms with Crippen LogP contribution in [0.15, 0.2) is 48.5 Å². The molecule has 8 nitrogen and oxygen atoms in total. The summed E-state index contributed by atoms with van der Waals surface area (Å²) in [6, 6.07) is 13.6. The lowest BCUT2D eigenvalue weighted by molar-refractivity contribution is -0.147. The highest BCUT2D eigenvalue weighted by molar-refractivity contribution is 5.94. The zero-order valence-electron chi connectivity index (χ0n) is 19.2. The Kier molecular flexibility index (Phi) is 10.1. The summed E-state index contributed by atoms with van der Waals surface area (Å²) >= 11 is 0. The molecule has 2 amide bonds. The Bertz CT molecular complexity index is 952. The Morgan fingerprint density at radius 2 is 1.36 bits per heavy atom. The molecule has 8 heteroatoms. The van der Waals surface area contributed by atoms with E-state index in [4.69, 9.17) is 9.47 Å². The number of hydrogen-bond donors (Lipinski definition) is 2. The zero-order valence-corrected chi connectivity index (χ0v) is 19.2. The maximum atomic E-state index is 12.1. The number of benzene rings is 2. The first-order valence-corrected chi connectivity index (χ1v) is 10.8. The smallest absolute Gasteiger partial charge is 0.338 e. The summed E-state index contributed by atoms with van der Waals surface area (Å²) in [7, 11) is 0. The van der Waals surface area contributed by atoms with Gasteiger partial charge in [0, 0.05) is 24.2 Å². The van der Waals surface area contributed by atoms with Gasteiger partial charge in [-0.2, -0.15) is 0 Å². The van der Waals surface area contributed by atoms with Crippen LogP contribution in [0.2, 0.25) is 0 Å². The van der Waals surface area contributed by atoms with Gasteiger partial charge in [-0.3, -0.25) is 14.4 Å². The maximum Gasteiger partial charge on any atom is 0.338 e. The number of rotatable bonds is 11. The number of nitrogens with one attached hydrogen (secondary N) is 2. The Morgan fingerprint density at radius 3 is 1.97 bits per heavy atom. The van der Waals surface area contributed by atoms with Crippen LogP contribution in [0, 0.1) is 12.8 Å². The van der Waals surface area contributed by atoms with E-state index in [1.165, 1.54) is 0 Å². The fraction of sp³-hybridized carbons (Fsp3) is 0.360. The van der Waals surface area contributed by atoms with E-state index in [-0.39, 0.29) is 37.7 Å². The number of hydrogen-bond acceptors (Lipinski definition) is 6. The second-order valence-corrected chi connectivity index (χ2v) is 8.05. The summed E-state index contributed by atoms with van der Waals surface area (Å²) in [6.45, 7) is 5.81. The molecule has 2 aromatic carbocycles. The van der Waals surface area contributed by atoms with Crippen molar-refractivity contribution < 1.29 is 28.7 Å². The lowest BCUT2D eigenvalue weighted by Crippen LogP contribution is -2.21. The minimum Gasteiger partial charge on any atom is -0.462 e. The highest BCUT2D eigenvalue weighted by Gasteiger charge is 2.11. The molecule has 0 aliphatic heterocycles. The van der Waals surface area contributed by atoms with Crippen LogP contribution in [0.3, 0.4) is 0 Å². The normalized spacial score (nSPS) is 10.4. The first kappa shape index (κ1) is 25.6. The van der Waals surface area contributed by atoms with Gasteiger partial charge in [-0.25, -0.2) is 4.79 Å². The lowest BCUT2D eigenvalue weighted by Gasteiger charge is -2.09. The molecule has 0 unspecified atom stereocenters. The maximum absolute atomic E-state index is 12.1. The van der Waals surface area contributed by atoms with E-state index < -0.39 is 17.8 Å². The van der Waals surface area contributed by atoms with Gasteiger partial charge in [-0.1, -0.05) is 31.5 Å². The second-order valence-electron chi connectivity index (χ2n) is 8.05. The Labute approximate surface area is 193 Å². The number of ether oxygens (including phenoxy) is 2. The molecule has 0 bridgehead atoms. The van der Waals surface area contributed by atoms with Gasteiger partial charge in [0.15, 0.2) is 6.61 Å². The molecule has 0 aromatic heterocycles. The number of esters is 2. The van der Waals surface area contributed by atoms with E-state index in [2.05, 4.69) is 10.6 Å². The summed E-state index contributed by atoms with van der Waals surface area (Å²) < 4.78 is 10.1. The van der Waals surface area contributed by atoms with Crippen LogP contribution in [0.1, 0.15) is 49.0 Å². The number of carbonyl (C=O) groups is 4. The van der Waals surface area contributed by atoms with Gasteiger partial charge in [0.2, 0.25) is 5.91 Å². The van der Waals surface area contributed by atoms with Gasteiger partial charge >= 0.3 is 11.9 Å². The molecule has 0 aliphatic rings. The predicted molar refractivity (Wildman–Crippen MR) is 125 cm³/mol. The summed E-state index contributed by atoms with van der Waals surface area (Å²) in [4.78, 5) is 47.6. The molecular weight excluding hydrogens is 424 g/mol. The molecule has 0 fully saturated rings. The van der Waals surface area contributed by atoms with Gasteiger partial charge in [-0.15, -0.1) is 0 Å². The van der Waals surface area contributed by atoms with E-state index in [0.717, 1.165) is 5.56 Å². The number of carbonyl (C=O) groups excluding carboxylic acids is 4. The minimum atomic E-state index is -0.550. The molecule has 0 saturated heterocycles. The quantitative estimate of drug-likeness (QED) is 0.495. The van der Waals surface area contributed by atoms with Gasteiger partial charge in [0.05, 0.1) is 12.2 Å². The Morgan fingerprint density at radius 1 is 0.788 bits per heavy atom. The van der Waals surface area contributed by atoms with Crippen molar-refractivity contribution in [3.05, 3.63) is 59.7 Å². The first-order chi connectivity index (χ1) is 15.7. The van der Waals surface area contributed by atoms with Crippen LogP contribution in [0.5, 0.6) is 0 Å². The van der Waals surface area contributed by atoms with Crippen LogP contribution in [0.25, 0.3) is 0 Å². The topological polar surface area (TPSA) is 111 Å². The third-order valence-corrected chi connectivity index (χ3v) is 4.44. The molecule has 2 rings (SSSR count). The van der Waals surface area contributed by atoms with E-state index >= 15 is 0 Å². The molecular formula is C25H30N2O6. The molecule has 0 spiro atoms. The van der Waals surface area contributed by atoms with Crippen molar-refractivity contribution in [1.82, 2.24) is 0 Å². The van der Waals surface area contributed by atoms with E-state index in [1.54, 1.807) is 36.4 Å². The van der Waals surface area contributed by atoms with Crippen LogP contribution >= 0.6 is 0 Å². The van der Waals surface area contributed by atoms with Gasteiger partial charge in [0.25, 0.3) is 5.91 Å². The molecule has 0 atom stereocenters. The van der Waals surface area contributed by atoms with Crippen LogP contribution in [-0.2, 0) is 23.9 Å². The highest BCUT2D eigenvalue weighted by atomic mass is 16.5. The number of aryl methyl sites for hydroxylation is 1. The highest BCUT2D eigenvalue weighted by Crippen LogP contribution is 2.12. The van der Waals surface area contributed by atoms with E-state index in [1.807, 2.05) is 32.9 Å². The standard InChI is InChI=1S/C25H30N2O6/c1-17(2)15-33-25(31)19-9-13-21(14-10-19)26-22(28)5-4-6-24(30)32-16-23(29)27-20-11-7-18(3)8-12-20/h7-14,17H,4-6,15-16H2,1-3H3,(H,26,28)(H,27,29). The second kappa shape index (κ2) is 13.0. The monoisotopic (exact) mass is 454 g/mol. The average molecular weight is 455 g/mol. The summed E-state index contributed by atoms with van der Waals surface area (Å²) in [6.07, 6.45) is 0.415. The molecule has 0 saturated carbocycles. The van der Waals surface area contributed by atoms with Gasteiger partial charge in [0.1, 0.15) is 0 Å². The van der Waals surface area contributed by atoms with Crippen molar-refractivity contribution in [3.8, 4) is 0 Å². The first-order valence-electron chi connectivity index (χ1n) is 10.8. The van der Waals surface area contributed by atoms with Crippen molar-refractivity contribution in [1.29, 1.82) is 0 Å². The van der Waals surface area contributed by atoms with Crippen molar-refractivity contribution in [3.63, 3.8) is 0 Å². The number of anilines is 2. The molecule has 0 aliphatic carbocycles. The minimum absolute atomic E-state index is 0.0197. The zero-order chi connectivity index (χ0) is 24.2. The third-order valence-electron chi connectivity index (χ3n) is 4.44. The van der Waals surface area contributed by atoms with Crippen molar-refractivity contribution >= 4 is 35.1 Å².